The van der Waals surface area contributed by atoms with Crippen LogP contribution in [0.25, 0.3) is 0 Å². The molecule has 4 heterocycles. The molecule has 3 aromatic rings. The molecule has 2 aliphatic rings. The maximum atomic E-state index is 12.6. The molecule has 0 spiro atoms. The van der Waals surface area contributed by atoms with Crippen molar-refractivity contribution in [1.82, 2.24) is 9.97 Å². The quantitative estimate of drug-likeness (QED) is 0.618. The van der Waals surface area contributed by atoms with Crippen LogP contribution in [0.1, 0.15) is 21.9 Å². The van der Waals surface area contributed by atoms with Gasteiger partial charge in [0.15, 0.2) is 0 Å². The Balaban J connectivity index is 1.44. The number of hydrogen-bond acceptors (Lipinski definition) is 6. The second-order valence-corrected chi connectivity index (χ2v) is 9.08. The van der Waals surface area contributed by atoms with Crippen molar-refractivity contribution in [2.75, 3.05) is 21.3 Å². The molecule has 0 N–H and O–H groups in total. The Morgan fingerprint density at radius 1 is 0.700 bits per heavy atom. The van der Waals surface area contributed by atoms with Crippen LogP contribution in [0.4, 0.5) is 11.4 Å². The van der Waals surface area contributed by atoms with E-state index in [9.17, 15) is 9.59 Å². The lowest BCUT2D eigenvalue weighted by Gasteiger charge is -2.27. The molecule has 2 saturated heterocycles. The van der Waals surface area contributed by atoms with E-state index in [-0.39, 0.29) is 22.6 Å². The molecule has 2 aliphatic heterocycles. The van der Waals surface area contributed by atoms with E-state index in [0.29, 0.717) is 11.5 Å². The molecule has 6 nitrogen and oxygen atoms in total. The zero-order valence-electron chi connectivity index (χ0n) is 15.9. The van der Waals surface area contributed by atoms with Gasteiger partial charge in [-0.15, -0.1) is 23.5 Å². The third-order valence-electron chi connectivity index (χ3n) is 5.08. The first kappa shape index (κ1) is 19.1. The van der Waals surface area contributed by atoms with Crippen LogP contribution in [0.15, 0.2) is 73.3 Å². The molecule has 2 atom stereocenters. The molecule has 2 amide bonds. The van der Waals surface area contributed by atoms with Gasteiger partial charge >= 0.3 is 0 Å². The van der Waals surface area contributed by atoms with Crippen LogP contribution in [0.5, 0.6) is 0 Å². The summed E-state index contributed by atoms with van der Waals surface area (Å²) in [4.78, 5) is 37.2. The van der Waals surface area contributed by atoms with Crippen molar-refractivity contribution in [1.29, 1.82) is 0 Å². The van der Waals surface area contributed by atoms with Crippen LogP contribution < -0.4 is 9.80 Å². The Bertz CT molecular complexity index is 977. The van der Waals surface area contributed by atoms with E-state index >= 15 is 0 Å². The Labute approximate surface area is 182 Å². The van der Waals surface area contributed by atoms with Crippen molar-refractivity contribution in [3.05, 3.63) is 84.4 Å². The summed E-state index contributed by atoms with van der Waals surface area (Å²) in [5.41, 5.74) is 3.64. The summed E-state index contributed by atoms with van der Waals surface area (Å²) in [5.74, 6) is 1.02. The van der Waals surface area contributed by atoms with Crippen LogP contribution in [0.2, 0.25) is 0 Å². The third kappa shape index (κ3) is 3.46. The average Bonchev–Trinajstić information content (AvgIpc) is 3.38. The van der Waals surface area contributed by atoms with E-state index in [0.717, 1.165) is 22.5 Å². The summed E-state index contributed by atoms with van der Waals surface area (Å²) in [5, 5.41) is -0.187. The highest BCUT2D eigenvalue weighted by Gasteiger charge is 2.36. The van der Waals surface area contributed by atoms with E-state index in [4.69, 9.17) is 0 Å². The average molecular weight is 435 g/mol. The van der Waals surface area contributed by atoms with E-state index in [1.165, 1.54) is 0 Å². The summed E-state index contributed by atoms with van der Waals surface area (Å²) in [6, 6.07) is 15.4. The number of carbonyl (C=O) groups excluding carboxylic acids is 2. The van der Waals surface area contributed by atoms with Crippen LogP contribution >= 0.6 is 23.5 Å². The number of anilines is 2. The Morgan fingerprint density at radius 2 is 1.13 bits per heavy atom. The lowest BCUT2D eigenvalue weighted by molar-refractivity contribution is -0.116. The van der Waals surface area contributed by atoms with Gasteiger partial charge in [0.1, 0.15) is 10.7 Å². The number of carbonyl (C=O) groups is 2. The Kier molecular flexibility index (Phi) is 5.18. The summed E-state index contributed by atoms with van der Waals surface area (Å²) in [6.07, 6.45) is 7.06. The highest BCUT2D eigenvalue weighted by atomic mass is 32.2. The van der Waals surface area contributed by atoms with Gasteiger partial charge in [0.25, 0.3) is 0 Å². The highest BCUT2D eigenvalue weighted by Crippen LogP contribution is 2.44. The molecule has 2 fully saturated rings. The zero-order valence-corrected chi connectivity index (χ0v) is 17.6. The van der Waals surface area contributed by atoms with Gasteiger partial charge in [0.05, 0.1) is 11.5 Å². The standard InChI is InChI=1S/C22H18N4O2S2/c27-19-13-29-21(15-3-1-9-23-11-15)25(19)17-5-7-18(8-6-17)26-20(28)14-30-22(26)16-4-2-10-24-12-16/h1-12,21-22H,13-14H2. The van der Waals surface area contributed by atoms with Crippen molar-refractivity contribution in [3.8, 4) is 0 Å². The minimum Gasteiger partial charge on any atom is -0.295 e. The molecule has 30 heavy (non-hydrogen) atoms. The first-order valence-electron chi connectivity index (χ1n) is 9.49. The zero-order chi connectivity index (χ0) is 20.5. The van der Waals surface area contributed by atoms with Crippen molar-refractivity contribution in [3.63, 3.8) is 0 Å². The summed E-state index contributed by atoms with van der Waals surface area (Å²) in [7, 11) is 0. The number of amides is 2. The molecular weight excluding hydrogens is 416 g/mol. The van der Waals surface area contributed by atoms with Gasteiger partial charge in [0, 0.05) is 47.3 Å². The molecule has 150 valence electrons. The number of rotatable bonds is 4. The van der Waals surface area contributed by atoms with Gasteiger partial charge in [-0.25, -0.2) is 0 Å². The predicted octanol–water partition coefficient (Wildman–Crippen LogP) is 4.03. The highest BCUT2D eigenvalue weighted by molar-refractivity contribution is 8.01. The Morgan fingerprint density at radius 3 is 1.50 bits per heavy atom. The van der Waals surface area contributed by atoms with Crippen molar-refractivity contribution >= 4 is 46.7 Å². The van der Waals surface area contributed by atoms with Gasteiger partial charge in [-0.2, -0.15) is 0 Å². The van der Waals surface area contributed by atoms with Crippen LogP contribution in [-0.4, -0.2) is 33.3 Å². The van der Waals surface area contributed by atoms with Gasteiger partial charge in [-0.1, -0.05) is 12.1 Å². The van der Waals surface area contributed by atoms with Gasteiger partial charge < -0.3 is 0 Å². The maximum Gasteiger partial charge on any atom is 0.238 e. The topological polar surface area (TPSA) is 66.4 Å². The first-order valence-corrected chi connectivity index (χ1v) is 11.6. The predicted molar refractivity (Wildman–Crippen MR) is 120 cm³/mol. The normalized spacial score (nSPS) is 21.5. The lowest BCUT2D eigenvalue weighted by Crippen LogP contribution is -2.29. The number of hydrogen-bond donors (Lipinski definition) is 0. The molecule has 0 aliphatic carbocycles. The molecule has 0 radical (unpaired) electrons. The van der Waals surface area contributed by atoms with Gasteiger partial charge in [-0.3, -0.25) is 29.4 Å². The van der Waals surface area contributed by atoms with E-state index in [1.54, 1.807) is 48.3 Å². The largest absolute Gasteiger partial charge is 0.295 e. The molecule has 2 unspecified atom stereocenters. The van der Waals surface area contributed by atoms with Crippen molar-refractivity contribution in [2.45, 2.75) is 10.7 Å². The lowest BCUT2D eigenvalue weighted by atomic mass is 10.2. The van der Waals surface area contributed by atoms with Crippen LogP contribution in [-0.2, 0) is 9.59 Å². The smallest absolute Gasteiger partial charge is 0.238 e. The number of aromatic nitrogens is 2. The molecule has 0 bridgehead atoms. The van der Waals surface area contributed by atoms with Crippen LogP contribution in [0, 0.1) is 0 Å². The molecular formula is C22H18N4O2S2. The molecule has 5 rings (SSSR count). The van der Waals surface area contributed by atoms with E-state index in [2.05, 4.69) is 9.97 Å². The number of benzene rings is 1. The first-order chi connectivity index (χ1) is 14.7. The second kappa shape index (κ2) is 8.12. The van der Waals surface area contributed by atoms with E-state index in [1.807, 2.05) is 58.3 Å². The molecule has 1 aromatic carbocycles. The summed E-state index contributed by atoms with van der Waals surface area (Å²) < 4.78 is 0. The SMILES string of the molecule is O=C1CSC(c2cccnc2)N1c1ccc(N2C(=O)CSC2c2cccnc2)cc1. The van der Waals surface area contributed by atoms with Gasteiger partial charge in [-0.05, 0) is 36.4 Å². The minimum atomic E-state index is -0.0934. The Hall–Kier alpha value is -2.84. The monoisotopic (exact) mass is 434 g/mol. The summed E-state index contributed by atoms with van der Waals surface area (Å²) in [6.45, 7) is 0. The summed E-state index contributed by atoms with van der Waals surface area (Å²) >= 11 is 3.19. The fourth-order valence-electron chi connectivity index (χ4n) is 3.72. The number of pyridine rings is 2. The van der Waals surface area contributed by atoms with Crippen LogP contribution in [0.3, 0.4) is 0 Å². The molecule has 0 saturated carbocycles. The fourth-order valence-corrected chi connectivity index (χ4v) is 6.04. The maximum absolute atomic E-state index is 12.6. The van der Waals surface area contributed by atoms with E-state index < -0.39 is 0 Å². The second-order valence-electron chi connectivity index (χ2n) is 6.94. The van der Waals surface area contributed by atoms with Crippen molar-refractivity contribution in [2.24, 2.45) is 0 Å². The van der Waals surface area contributed by atoms with Gasteiger partial charge in [0.2, 0.25) is 11.8 Å². The van der Waals surface area contributed by atoms with Crippen molar-refractivity contribution < 1.29 is 9.59 Å². The number of nitrogens with zero attached hydrogens (tertiary/aromatic N) is 4. The third-order valence-corrected chi connectivity index (χ3v) is 7.51. The number of thioether (sulfide) groups is 2. The fraction of sp³-hybridized carbons (Fsp3) is 0.182. The minimum absolute atomic E-state index is 0.0719. The molecule has 8 heteroatoms. The molecule has 2 aromatic heterocycles.